The fourth-order valence-corrected chi connectivity index (χ4v) is 1.68. The highest BCUT2D eigenvalue weighted by atomic mass is 32.1. The van der Waals surface area contributed by atoms with E-state index in [0.29, 0.717) is 11.3 Å². The molecule has 0 bridgehead atoms. The van der Waals surface area contributed by atoms with E-state index >= 15 is 0 Å². The van der Waals surface area contributed by atoms with Gasteiger partial charge in [-0.25, -0.2) is 10.8 Å². The van der Waals surface area contributed by atoms with Crippen molar-refractivity contribution < 1.29 is 18.0 Å². The summed E-state index contributed by atoms with van der Waals surface area (Å²) in [6, 6.07) is 0. The number of nitrogens with one attached hydrogen (secondary N) is 1. The lowest BCUT2D eigenvalue weighted by molar-refractivity contribution is -0.141. The Labute approximate surface area is 80.9 Å². The maximum absolute atomic E-state index is 12.3. The zero-order chi connectivity index (χ0) is 10.9. The van der Waals surface area contributed by atoms with Gasteiger partial charge < -0.3 is 0 Å². The number of carbonyl (C=O) groups is 1. The molecule has 1 rings (SSSR count). The van der Waals surface area contributed by atoms with Crippen LogP contribution in [0.15, 0.2) is 0 Å². The van der Waals surface area contributed by atoms with Crippen LogP contribution in [0.1, 0.15) is 20.4 Å². The van der Waals surface area contributed by atoms with Crippen molar-refractivity contribution in [3.63, 3.8) is 0 Å². The first kappa shape index (κ1) is 10.9. The van der Waals surface area contributed by atoms with Gasteiger partial charge in [0, 0.05) is 0 Å². The molecule has 0 spiro atoms. The summed E-state index contributed by atoms with van der Waals surface area (Å²) in [5, 5.41) is 0.163. The molecule has 4 nitrogen and oxygen atoms in total. The number of hydrogen-bond acceptors (Lipinski definition) is 4. The Kier molecular flexibility index (Phi) is 2.76. The van der Waals surface area contributed by atoms with E-state index in [-0.39, 0.29) is 5.01 Å². The van der Waals surface area contributed by atoms with E-state index in [0.717, 1.165) is 0 Å². The van der Waals surface area contributed by atoms with Crippen molar-refractivity contribution in [2.75, 3.05) is 0 Å². The summed E-state index contributed by atoms with van der Waals surface area (Å²) in [6.07, 6.45) is -4.63. The number of hydrogen-bond donors (Lipinski definition) is 2. The topological polar surface area (TPSA) is 68.0 Å². The highest BCUT2D eigenvalue weighted by Crippen LogP contribution is 2.33. The molecular formula is C6H6F3N3OS. The molecule has 8 heteroatoms. The Morgan fingerprint density at radius 3 is 2.57 bits per heavy atom. The zero-order valence-electron chi connectivity index (χ0n) is 6.97. The molecule has 0 aliphatic heterocycles. The number of nitrogen functional groups attached to an aromatic ring is 1. The predicted molar refractivity (Wildman–Crippen MR) is 43.5 cm³/mol. The molecule has 0 atom stereocenters. The lowest BCUT2D eigenvalue weighted by Gasteiger charge is -2.04. The highest BCUT2D eigenvalue weighted by molar-refractivity contribution is 7.13. The van der Waals surface area contributed by atoms with Gasteiger partial charge >= 0.3 is 6.18 Å². The molecule has 0 aliphatic carbocycles. The molecule has 0 aliphatic rings. The highest BCUT2D eigenvalue weighted by Gasteiger charge is 2.38. The largest absolute Gasteiger partial charge is 0.435 e. The lowest BCUT2D eigenvalue weighted by atomic mass is 10.3. The molecule has 1 aromatic heterocycles. The standard InChI is InChI=1S/C6H6F3N3OS/c1-2-11-4(6(7,8)9)3(14-2)5(13)12-10/h10H2,1H3,(H,12,13). The number of amides is 1. The third-order valence-electron chi connectivity index (χ3n) is 1.34. The molecule has 0 saturated carbocycles. The van der Waals surface area contributed by atoms with Crippen molar-refractivity contribution in [3.05, 3.63) is 15.6 Å². The summed E-state index contributed by atoms with van der Waals surface area (Å²) in [6.45, 7) is 1.38. The van der Waals surface area contributed by atoms with Gasteiger partial charge in [0.2, 0.25) is 0 Å². The second kappa shape index (κ2) is 3.54. The van der Waals surface area contributed by atoms with Crippen molar-refractivity contribution in [2.45, 2.75) is 13.1 Å². The van der Waals surface area contributed by atoms with Gasteiger partial charge in [-0.1, -0.05) is 0 Å². The van der Waals surface area contributed by atoms with Crippen LogP contribution in [0.25, 0.3) is 0 Å². The number of halogens is 3. The van der Waals surface area contributed by atoms with Crippen molar-refractivity contribution >= 4 is 17.2 Å². The van der Waals surface area contributed by atoms with Crippen LogP contribution in [0, 0.1) is 6.92 Å². The van der Waals surface area contributed by atoms with E-state index in [4.69, 9.17) is 5.84 Å². The molecule has 0 fully saturated rings. The van der Waals surface area contributed by atoms with Crippen molar-refractivity contribution in [1.82, 2.24) is 10.4 Å². The SMILES string of the molecule is Cc1nc(C(F)(F)F)c(C(=O)NN)s1. The van der Waals surface area contributed by atoms with Crippen LogP contribution in [0.3, 0.4) is 0 Å². The molecule has 0 unspecified atom stereocenters. The van der Waals surface area contributed by atoms with Gasteiger partial charge in [-0.3, -0.25) is 10.2 Å². The summed E-state index contributed by atoms with van der Waals surface area (Å²) < 4.78 is 36.8. The number of aryl methyl sites for hydroxylation is 1. The molecule has 0 aromatic carbocycles. The fraction of sp³-hybridized carbons (Fsp3) is 0.333. The number of carbonyl (C=O) groups excluding carboxylic acids is 1. The smallest absolute Gasteiger partial charge is 0.289 e. The fourth-order valence-electron chi connectivity index (χ4n) is 0.839. The van der Waals surface area contributed by atoms with Crippen molar-refractivity contribution in [2.24, 2.45) is 5.84 Å². The average molecular weight is 225 g/mol. The van der Waals surface area contributed by atoms with Gasteiger partial charge in [0.05, 0.1) is 5.01 Å². The van der Waals surface area contributed by atoms with Gasteiger partial charge in [-0.05, 0) is 6.92 Å². The molecule has 78 valence electrons. The molecule has 1 amide bonds. The first-order valence-electron chi connectivity index (χ1n) is 3.42. The number of thiazole rings is 1. The summed E-state index contributed by atoms with van der Waals surface area (Å²) in [5.41, 5.74) is 0.447. The Morgan fingerprint density at radius 1 is 1.57 bits per heavy atom. The zero-order valence-corrected chi connectivity index (χ0v) is 7.79. The second-order valence-electron chi connectivity index (χ2n) is 2.38. The van der Waals surface area contributed by atoms with Gasteiger partial charge in [0.1, 0.15) is 4.88 Å². The number of hydrazine groups is 1. The number of nitrogens with zero attached hydrogens (tertiary/aromatic N) is 1. The van der Waals surface area contributed by atoms with Crippen LogP contribution in [0.4, 0.5) is 13.2 Å². The minimum Gasteiger partial charge on any atom is -0.289 e. The molecule has 0 saturated heterocycles. The number of aromatic nitrogens is 1. The van der Waals surface area contributed by atoms with Crippen LogP contribution >= 0.6 is 11.3 Å². The van der Waals surface area contributed by atoms with Crippen molar-refractivity contribution in [3.8, 4) is 0 Å². The number of rotatable bonds is 1. The average Bonchev–Trinajstić information content (AvgIpc) is 2.45. The summed E-state index contributed by atoms with van der Waals surface area (Å²) in [5.74, 6) is 3.75. The molecule has 3 N–H and O–H groups in total. The Bertz CT molecular complexity index is 360. The van der Waals surface area contributed by atoms with Crippen LogP contribution in [-0.4, -0.2) is 10.9 Å². The van der Waals surface area contributed by atoms with Crippen LogP contribution in [0.2, 0.25) is 0 Å². The van der Waals surface area contributed by atoms with Crippen LogP contribution < -0.4 is 11.3 Å². The Hall–Kier alpha value is -1.15. The molecule has 14 heavy (non-hydrogen) atoms. The third kappa shape index (κ3) is 2.02. The summed E-state index contributed by atoms with van der Waals surface area (Å²) in [4.78, 5) is 13.6. The van der Waals surface area contributed by atoms with Gasteiger partial charge in [-0.15, -0.1) is 11.3 Å². The van der Waals surface area contributed by atoms with E-state index in [1.807, 2.05) is 0 Å². The lowest BCUT2D eigenvalue weighted by Crippen LogP contribution is -2.31. The van der Waals surface area contributed by atoms with E-state index < -0.39 is 22.7 Å². The van der Waals surface area contributed by atoms with Gasteiger partial charge in [0.15, 0.2) is 5.69 Å². The van der Waals surface area contributed by atoms with E-state index in [1.54, 1.807) is 5.43 Å². The van der Waals surface area contributed by atoms with Crippen molar-refractivity contribution in [1.29, 1.82) is 0 Å². The van der Waals surface area contributed by atoms with E-state index in [1.165, 1.54) is 6.92 Å². The van der Waals surface area contributed by atoms with Crippen LogP contribution in [0.5, 0.6) is 0 Å². The van der Waals surface area contributed by atoms with Gasteiger partial charge in [-0.2, -0.15) is 13.2 Å². The van der Waals surface area contributed by atoms with E-state index in [2.05, 4.69) is 4.98 Å². The maximum Gasteiger partial charge on any atom is 0.435 e. The molecular weight excluding hydrogens is 219 g/mol. The monoisotopic (exact) mass is 225 g/mol. The number of nitrogens with two attached hydrogens (primary N) is 1. The van der Waals surface area contributed by atoms with Gasteiger partial charge in [0.25, 0.3) is 5.91 Å². The molecule has 0 radical (unpaired) electrons. The summed E-state index contributed by atoms with van der Waals surface area (Å²) in [7, 11) is 0. The number of alkyl halides is 3. The van der Waals surface area contributed by atoms with E-state index in [9.17, 15) is 18.0 Å². The second-order valence-corrected chi connectivity index (χ2v) is 3.59. The minimum atomic E-state index is -4.63. The predicted octanol–water partition coefficient (Wildman–Crippen LogP) is 1.07. The quantitative estimate of drug-likeness (QED) is 0.427. The molecule has 1 heterocycles. The Balaban J connectivity index is 3.23. The Morgan fingerprint density at radius 2 is 2.14 bits per heavy atom. The minimum absolute atomic E-state index is 0.163. The third-order valence-corrected chi connectivity index (χ3v) is 2.31. The molecule has 1 aromatic rings. The maximum atomic E-state index is 12.3. The first-order valence-corrected chi connectivity index (χ1v) is 4.23. The summed E-state index contributed by atoms with van der Waals surface area (Å²) >= 11 is 0.651. The first-order chi connectivity index (χ1) is 6.36. The normalized spacial score (nSPS) is 11.5. The van der Waals surface area contributed by atoms with Crippen LogP contribution in [-0.2, 0) is 6.18 Å².